The van der Waals surface area contributed by atoms with Crippen LogP contribution in [-0.4, -0.2) is 37.6 Å². The molecule has 0 spiro atoms. The Bertz CT molecular complexity index is 472. The van der Waals surface area contributed by atoms with Crippen LogP contribution >= 0.6 is 0 Å². The van der Waals surface area contributed by atoms with Crippen LogP contribution in [0.4, 0.5) is 0 Å². The molecule has 4 nitrogen and oxygen atoms in total. The molecule has 0 heterocycles. The molecule has 0 radical (unpaired) electrons. The van der Waals surface area contributed by atoms with Gasteiger partial charge in [0.05, 0.1) is 13.7 Å². The van der Waals surface area contributed by atoms with Crippen molar-refractivity contribution in [2.24, 2.45) is 5.92 Å². The first-order valence-electron chi connectivity index (χ1n) is 8.19. The van der Waals surface area contributed by atoms with Crippen LogP contribution in [-0.2, 0) is 11.3 Å². The summed E-state index contributed by atoms with van der Waals surface area (Å²) < 4.78 is 5.16. The highest BCUT2D eigenvalue weighted by atomic mass is 16.5. The minimum atomic E-state index is 0.134. The third kappa shape index (κ3) is 5.02. The molecule has 1 aliphatic rings. The maximum atomic E-state index is 12.2. The molecule has 1 fully saturated rings. The quantitative estimate of drug-likeness (QED) is 0.878. The number of hydrogen-bond donors (Lipinski definition) is 1. The average molecular weight is 304 g/mol. The molecule has 1 aromatic rings. The molecule has 122 valence electrons. The summed E-state index contributed by atoms with van der Waals surface area (Å²) in [6, 6.07) is 8.34. The van der Waals surface area contributed by atoms with Crippen molar-refractivity contribution in [1.82, 2.24) is 10.2 Å². The second-order valence-corrected chi connectivity index (χ2v) is 6.46. The van der Waals surface area contributed by atoms with Gasteiger partial charge in [0.1, 0.15) is 5.75 Å². The van der Waals surface area contributed by atoms with Crippen molar-refractivity contribution in [3.63, 3.8) is 0 Å². The van der Waals surface area contributed by atoms with Gasteiger partial charge in [-0.3, -0.25) is 9.69 Å². The van der Waals surface area contributed by atoms with Gasteiger partial charge in [-0.1, -0.05) is 31.9 Å². The highest BCUT2D eigenvalue weighted by molar-refractivity contribution is 5.78. The highest BCUT2D eigenvalue weighted by Crippen LogP contribution is 2.23. The molecule has 0 saturated heterocycles. The number of carbonyl (C=O) groups excluding carboxylic acids is 1. The summed E-state index contributed by atoms with van der Waals surface area (Å²) in [7, 11) is 3.64. The summed E-state index contributed by atoms with van der Waals surface area (Å²) >= 11 is 0. The molecular formula is C18H28N2O2. The lowest BCUT2D eigenvalue weighted by Crippen LogP contribution is -2.44. The van der Waals surface area contributed by atoms with E-state index in [0.29, 0.717) is 18.5 Å². The Hall–Kier alpha value is -1.55. The first-order valence-corrected chi connectivity index (χ1v) is 8.19. The van der Waals surface area contributed by atoms with E-state index in [1.54, 1.807) is 7.11 Å². The smallest absolute Gasteiger partial charge is 0.234 e. The standard InChI is InChI=1S/C18H28N2O2/c1-14-6-4-5-7-17(14)19-18(21)13-20(2)12-15-8-10-16(22-3)11-9-15/h8-11,14,17H,4-7,12-13H2,1-3H3,(H,19,21)/t14-,17-/m1/s1. The van der Waals surface area contributed by atoms with E-state index >= 15 is 0 Å². The van der Waals surface area contributed by atoms with Gasteiger partial charge in [0.25, 0.3) is 0 Å². The number of carbonyl (C=O) groups is 1. The number of rotatable bonds is 6. The zero-order chi connectivity index (χ0) is 15.9. The zero-order valence-corrected chi connectivity index (χ0v) is 14.0. The Labute approximate surface area is 133 Å². The van der Waals surface area contributed by atoms with Gasteiger partial charge in [0.2, 0.25) is 5.91 Å². The van der Waals surface area contributed by atoms with Gasteiger partial charge >= 0.3 is 0 Å². The van der Waals surface area contributed by atoms with Gasteiger partial charge in [-0.2, -0.15) is 0 Å². The van der Waals surface area contributed by atoms with E-state index in [0.717, 1.165) is 18.7 Å². The number of likely N-dealkylation sites (N-methyl/N-ethyl adjacent to an activating group) is 1. The fraction of sp³-hybridized carbons (Fsp3) is 0.611. The van der Waals surface area contributed by atoms with Crippen LogP contribution < -0.4 is 10.1 Å². The summed E-state index contributed by atoms with van der Waals surface area (Å²) in [6.45, 7) is 3.44. The van der Waals surface area contributed by atoms with Crippen molar-refractivity contribution in [2.75, 3.05) is 20.7 Å². The number of hydrogen-bond acceptors (Lipinski definition) is 3. The highest BCUT2D eigenvalue weighted by Gasteiger charge is 2.22. The van der Waals surface area contributed by atoms with Crippen LogP contribution in [0.3, 0.4) is 0 Å². The largest absolute Gasteiger partial charge is 0.497 e. The molecule has 1 aliphatic carbocycles. The van der Waals surface area contributed by atoms with Gasteiger partial charge in [-0.05, 0) is 43.5 Å². The fourth-order valence-electron chi connectivity index (χ4n) is 3.13. The number of nitrogens with one attached hydrogen (secondary N) is 1. The average Bonchev–Trinajstić information content (AvgIpc) is 2.50. The Balaban J connectivity index is 1.77. The third-order valence-electron chi connectivity index (χ3n) is 4.48. The Kier molecular flexibility index (Phi) is 6.25. The predicted molar refractivity (Wildman–Crippen MR) is 88.9 cm³/mol. The lowest BCUT2D eigenvalue weighted by atomic mass is 9.86. The normalized spacial score (nSPS) is 21.6. The second-order valence-electron chi connectivity index (χ2n) is 6.46. The number of methoxy groups -OCH3 is 1. The molecular weight excluding hydrogens is 276 g/mol. The van der Waals surface area contributed by atoms with Crippen LogP contribution in [0.1, 0.15) is 38.2 Å². The minimum Gasteiger partial charge on any atom is -0.497 e. The zero-order valence-electron chi connectivity index (χ0n) is 14.0. The molecule has 2 rings (SSSR count). The van der Waals surface area contributed by atoms with E-state index in [-0.39, 0.29) is 5.91 Å². The van der Waals surface area contributed by atoms with Crippen molar-refractivity contribution in [3.8, 4) is 5.75 Å². The van der Waals surface area contributed by atoms with Crippen LogP contribution in [0.15, 0.2) is 24.3 Å². The van der Waals surface area contributed by atoms with Gasteiger partial charge in [0, 0.05) is 12.6 Å². The van der Waals surface area contributed by atoms with Crippen molar-refractivity contribution >= 4 is 5.91 Å². The molecule has 0 unspecified atom stereocenters. The number of ether oxygens (including phenoxy) is 1. The molecule has 1 saturated carbocycles. The van der Waals surface area contributed by atoms with E-state index in [2.05, 4.69) is 12.2 Å². The molecule has 0 aromatic heterocycles. The minimum absolute atomic E-state index is 0.134. The summed E-state index contributed by atoms with van der Waals surface area (Å²) in [5.74, 6) is 1.59. The summed E-state index contributed by atoms with van der Waals surface area (Å²) in [5.41, 5.74) is 1.18. The van der Waals surface area contributed by atoms with Crippen molar-refractivity contribution < 1.29 is 9.53 Å². The van der Waals surface area contributed by atoms with E-state index < -0.39 is 0 Å². The van der Waals surface area contributed by atoms with E-state index in [4.69, 9.17) is 4.74 Å². The van der Waals surface area contributed by atoms with Gasteiger partial charge < -0.3 is 10.1 Å². The molecule has 0 bridgehead atoms. The molecule has 1 N–H and O–H groups in total. The SMILES string of the molecule is COc1ccc(CN(C)CC(=O)N[C@@H]2CCCC[C@H]2C)cc1. The molecule has 2 atom stereocenters. The van der Waals surface area contributed by atoms with Crippen LogP contribution in [0.2, 0.25) is 0 Å². The van der Waals surface area contributed by atoms with Crippen molar-refractivity contribution in [3.05, 3.63) is 29.8 Å². The van der Waals surface area contributed by atoms with E-state index in [1.165, 1.54) is 24.8 Å². The van der Waals surface area contributed by atoms with Crippen molar-refractivity contribution in [2.45, 2.75) is 45.2 Å². The third-order valence-corrected chi connectivity index (χ3v) is 4.48. The maximum Gasteiger partial charge on any atom is 0.234 e. The second kappa shape index (κ2) is 8.18. The first kappa shape index (κ1) is 16.8. The van der Waals surface area contributed by atoms with Gasteiger partial charge in [0.15, 0.2) is 0 Å². The molecule has 22 heavy (non-hydrogen) atoms. The Morgan fingerprint density at radius 1 is 1.27 bits per heavy atom. The summed E-state index contributed by atoms with van der Waals surface area (Å²) in [4.78, 5) is 14.2. The van der Waals surface area contributed by atoms with Crippen LogP contribution in [0, 0.1) is 5.92 Å². The molecule has 1 amide bonds. The molecule has 1 aromatic carbocycles. The fourth-order valence-corrected chi connectivity index (χ4v) is 3.13. The number of amides is 1. The Morgan fingerprint density at radius 2 is 1.95 bits per heavy atom. The first-order chi connectivity index (χ1) is 10.6. The lowest BCUT2D eigenvalue weighted by Gasteiger charge is -2.30. The number of nitrogens with zero attached hydrogens (tertiary/aromatic N) is 1. The van der Waals surface area contributed by atoms with Gasteiger partial charge in [-0.25, -0.2) is 0 Å². The number of benzene rings is 1. The molecule has 4 heteroatoms. The Morgan fingerprint density at radius 3 is 2.59 bits per heavy atom. The van der Waals surface area contributed by atoms with Gasteiger partial charge in [-0.15, -0.1) is 0 Å². The topological polar surface area (TPSA) is 41.6 Å². The monoisotopic (exact) mass is 304 g/mol. The van der Waals surface area contributed by atoms with Crippen molar-refractivity contribution in [1.29, 1.82) is 0 Å². The van der Waals surface area contributed by atoms with E-state index in [1.807, 2.05) is 36.2 Å². The van der Waals surface area contributed by atoms with Crippen LogP contribution in [0.5, 0.6) is 5.75 Å². The molecule has 0 aliphatic heterocycles. The van der Waals surface area contributed by atoms with Crippen LogP contribution in [0.25, 0.3) is 0 Å². The predicted octanol–water partition coefficient (Wildman–Crippen LogP) is 2.82. The van der Waals surface area contributed by atoms with E-state index in [9.17, 15) is 4.79 Å². The summed E-state index contributed by atoms with van der Waals surface area (Å²) in [5, 5.41) is 3.20. The maximum absolute atomic E-state index is 12.2. The summed E-state index contributed by atoms with van der Waals surface area (Å²) in [6.07, 6.45) is 4.88. The lowest BCUT2D eigenvalue weighted by molar-refractivity contribution is -0.123.